The van der Waals surface area contributed by atoms with Gasteiger partial charge in [-0.05, 0) is 22.9 Å². The molecule has 0 radical (unpaired) electrons. The van der Waals surface area contributed by atoms with Crippen molar-refractivity contribution in [1.82, 2.24) is 24.3 Å². The van der Waals surface area contributed by atoms with Crippen molar-refractivity contribution in [2.45, 2.75) is 13.5 Å². The van der Waals surface area contributed by atoms with E-state index in [0.29, 0.717) is 10.7 Å². The molecule has 74 valence electrons. The Kier molecular flexibility index (Phi) is 2.24. The van der Waals surface area contributed by atoms with Crippen LogP contribution in [0.2, 0.25) is 0 Å². The maximum Gasteiger partial charge on any atom is 0.241 e. The van der Waals surface area contributed by atoms with Crippen LogP contribution in [0, 0.1) is 0 Å². The van der Waals surface area contributed by atoms with E-state index in [1.807, 2.05) is 17.7 Å². The summed E-state index contributed by atoms with van der Waals surface area (Å²) in [7, 11) is 0. The van der Waals surface area contributed by atoms with Gasteiger partial charge in [0, 0.05) is 18.9 Å². The summed E-state index contributed by atoms with van der Waals surface area (Å²) < 4.78 is 4.05. The molecule has 2 aromatic rings. The lowest BCUT2D eigenvalue weighted by atomic mass is 10.7. The van der Waals surface area contributed by atoms with Gasteiger partial charge in [-0.25, -0.2) is 4.98 Å². The molecule has 0 saturated carbocycles. The molecule has 0 aromatic carbocycles. The highest BCUT2D eigenvalue weighted by Crippen LogP contribution is 2.13. The fraction of sp³-hybridized carbons (Fsp3) is 0.286. The first-order chi connectivity index (χ1) is 6.72. The second-order valence-corrected chi connectivity index (χ2v) is 3.37. The average molecular weight is 257 g/mol. The average Bonchev–Trinajstić information content (AvgIpc) is 2.71. The first kappa shape index (κ1) is 9.20. The van der Waals surface area contributed by atoms with Crippen molar-refractivity contribution < 1.29 is 0 Å². The van der Waals surface area contributed by atoms with E-state index < -0.39 is 0 Å². The molecule has 2 N–H and O–H groups in total. The summed E-state index contributed by atoms with van der Waals surface area (Å²) in [5, 5.41) is 4.01. The normalized spacial score (nSPS) is 10.7. The van der Waals surface area contributed by atoms with Gasteiger partial charge < -0.3 is 10.3 Å². The van der Waals surface area contributed by atoms with Gasteiger partial charge in [-0.3, -0.25) is 0 Å². The van der Waals surface area contributed by atoms with Gasteiger partial charge in [0.2, 0.25) is 16.6 Å². The van der Waals surface area contributed by atoms with E-state index in [0.717, 1.165) is 6.54 Å². The van der Waals surface area contributed by atoms with E-state index in [-0.39, 0.29) is 5.95 Å². The predicted molar refractivity (Wildman–Crippen MR) is 54.9 cm³/mol. The maximum atomic E-state index is 5.47. The van der Waals surface area contributed by atoms with Gasteiger partial charge >= 0.3 is 0 Å². The molecule has 0 fully saturated rings. The molecule has 7 heteroatoms. The Labute approximate surface area is 88.9 Å². The van der Waals surface area contributed by atoms with Crippen LogP contribution < -0.4 is 5.73 Å². The molecule has 2 rings (SSSR count). The second kappa shape index (κ2) is 3.41. The van der Waals surface area contributed by atoms with Crippen LogP contribution in [0.15, 0.2) is 17.1 Å². The van der Waals surface area contributed by atoms with Gasteiger partial charge in [0.1, 0.15) is 0 Å². The van der Waals surface area contributed by atoms with Crippen molar-refractivity contribution in [2.75, 3.05) is 5.73 Å². The first-order valence-electron chi connectivity index (χ1n) is 4.12. The Balaban J connectivity index is 2.53. The Morgan fingerprint density at radius 1 is 1.57 bits per heavy atom. The summed E-state index contributed by atoms with van der Waals surface area (Å²) in [5.41, 5.74) is 5.47. The second-order valence-electron chi connectivity index (χ2n) is 2.66. The zero-order valence-corrected chi connectivity index (χ0v) is 9.14. The summed E-state index contributed by atoms with van der Waals surface area (Å²) >= 11 is 3.26. The number of nitrogens with two attached hydrogens (primary N) is 1. The van der Waals surface area contributed by atoms with Gasteiger partial charge in [-0.15, -0.1) is 5.10 Å². The fourth-order valence-corrected chi connectivity index (χ4v) is 1.60. The van der Waals surface area contributed by atoms with Crippen molar-refractivity contribution in [3.63, 3.8) is 0 Å². The summed E-state index contributed by atoms with van der Waals surface area (Å²) in [5.74, 6) is 0.922. The standard InChI is InChI=1S/C7H9BrN6/c1-2-13-4-3-10-7(13)14-5(8)11-6(9)12-14/h3-4H,2H2,1H3,(H2,9,12). The third kappa shape index (κ3) is 1.39. The minimum atomic E-state index is 0.225. The van der Waals surface area contributed by atoms with Gasteiger partial charge in [0.15, 0.2) is 0 Å². The van der Waals surface area contributed by atoms with Gasteiger partial charge in [0.05, 0.1) is 0 Å². The van der Waals surface area contributed by atoms with Crippen molar-refractivity contribution >= 4 is 21.9 Å². The largest absolute Gasteiger partial charge is 0.366 e. The van der Waals surface area contributed by atoms with E-state index in [9.17, 15) is 0 Å². The zero-order chi connectivity index (χ0) is 10.1. The van der Waals surface area contributed by atoms with Crippen LogP contribution in [0.25, 0.3) is 5.95 Å². The molecule has 0 saturated heterocycles. The highest BCUT2D eigenvalue weighted by atomic mass is 79.9. The van der Waals surface area contributed by atoms with Crippen molar-refractivity contribution in [2.24, 2.45) is 0 Å². The SMILES string of the molecule is CCn1ccnc1-n1nc(N)nc1Br. The van der Waals surface area contributed by atoms with Crippen LogP contribution in [0.3, 0.4) is 0 Å². The quantitative estimate of drug-likeness (QED) is 0.864. The monoisotopic (exact) mass is 256 g/mol. The minimum Gasteiger partial charge on any atom is -0.366 e. The molecule has 0 aliphatic heterocycles. The Bertz CT molecular complexity index is 445. The number of halogens is 1. The van der Waals surface area contributed by atoms with E-state index in [4.69, 9.17) is 5.73 Å². The maximum absolute atomic E-state index is 5.47. The van der Waals surface area contributed by atoms with E-state index >= 15 is 0 Å². The molecular weight excluding hydrogens is 248 g/mol. The Morgan fingerprint density at radius 2 is 2.36 bits per heavy atom. The van der Waals surface area contributed by atoms with Gasteiger partial charge in [-0.2, -0.15) is 9.67 Å². The van der Waals surface area contributed by atoms with E-state index in [1.54, 1.807) is 10.9 Å². The number of anilines is 1. The summed E-state index contributed by atoms with van der Waals surface area (Å²) in [6.45, 7) is 2.85. The molecule has 0 spiro atoms. The molecule has 2 heterocycles. The minimum absolute atomic E-state index is 0.225. The van der Waals surface area contributed by atoms with Gasteiger partial charge in [-0.1, -0.05) is 0 Å². The molecule has 0 unspecified atom stereocenters. The highest BCUT2D eigenvalue weighted by Gasteiger charge is 2.10. The van der Waals surface area contributed by atoms with Crippen LogP contribution in [0.1, 0.15) is 6.92 Å². The predicted octanol–water partition coefficient (Wildman–Crippen LogP) is 0.828. The zero-order valence-electron chi connectivity index (χ0n) is 7.55. The third-order valence-electron chi connectivity index (χ3n) is 1.81. The molecular formula is C7H9BrN6. The van der Waals surface area contributed by atoms with Crippen molar-refractivity contribution in [3.8, 4) is 5.95 Å². The lowest BCUT2D eigenvalue weighted by Crippen LogP contribution is -2.07. The number of aromatic nitrogens is 5. The number of nitrogen functional groups attached to an aromatic ring is 1. The summed E-state index contributed by atoms with van der Waals surface area (Å²) in [6.07, 6.45) is 3.59. The number of hydrogen-bond donors (Lipinski definition) is 1. The van der Waals surface area contributed by atoms with Crippen LogP contribution in [-0.2, 0) is 6.54 Å². The first-order valence-corrected chi connectivity index (χ1v) is 4.91. The fourth-order valence-electron chi connectivity index (χ4n) is 1.18. The molecule has 0 bridgehead atoms. The van der Waals surface area contributed by atoms with E-state index in [1.165, 1.54) is 0 Å². The molecule has 6 nitrogen and oxygen atoms in total. The molecule has 14 heavy (non-hydrogen) atoms. The van der Waals surface area contributed by atoms with Crippen LogP contribution in [0.5, 0.6) is 0 Å². The molecule has 0 amide bonds. The Hall–Kier alpha value is -1.37. The number of nitrogens with zero attached hydrogens (tertiary/aromatic N) is 5. The number of aryl methyl sites for hydroxylation is 1. The summed E-state index contributed by atoms with van der Waals surface area (Å²) in [6, 6.07) is 0. The summed E-state index contributed by atoms with van der Waals surface area (Å²) in [4.78, 5) is 8.10. The van der Waals surface area contributed by atoms with Crippen LogP contribution >= 0.6 is 15.9 Å². The topological polar surface area (TPSA) is 74.5 Å². The molecule has 0 atom stereocenters. The molecule has 0 aliphatic carbocycles. The van der Waals surface area contributed by atoms with Crippen LogP contribution in [-0.4, -0.2) is 24.3 Å². The van der Waals surface area contributed by atoms with Crippen molar-refractivity contribution in [1.29, 1.82) is 0 Å². The molecule has 0 aliphatic rings. The highest BCUT2D eigenvalue weighted by molar-refractivity contribution is 9.10. The van der Waals surface area contributed by atoms with Crippen LogP contribution in [0.4, 0.5) is 5.95 Å². The number of rotatable bonds is 2. The smallest absolute Gasteiger partial charge is 0.241 e. The Morgan fingerprint density at radius 3 is 2.93 bits per heavy atom. The molecule has 2 aromatic heterocycles. The number of imidazole rings is 1. The third-order valence-corrected chi connectivity index (χ3v) is 2.32. The lowest BCUT2D eigenvalue weighted by molar-refractivity contribution is 0.679. The van der Waals surface area contributed by atoms with Gasteiger partial charge in [0.25, 0.3) is 0 Å². The van der Waals surface area contributed by atoms with Crippen molar-refractivity contribution in [3.05, 3.63) is 17.1 Å². The van der Waals surface area contributed by atoms with E-state index in [2.05, 4.69) is 31.0 Å². The lowest BCUT2D eigenvalue weighted by Gasteiger charge is -2.03. The number of hydrogen-bond acceptors (Lipinski definition) is 4.